The van der Waals surface area contributed by atoms with Crippen LogP contribution in [0.25, 0.3) is 0 Å². The standard InChI is InChI=1S/4C3H6O3.2Ca.5H2O/c4*1-2(4)3(5)6;;;;;;;/h4*2,4H,1H3,(H,5,6);;;5*1H2/q;;;;2*+2;;;;;/p-4. The van der Waals surface area contributed by atoms with Crippen LogP contribution in [0.3, 0.4) is 0 Å². The average molecular weight is 527 g/mol. The van der Waals surface area contributed by atoms with Crippen molar-refractivity contribution in [3.63, 3.8) is 0 Å². The minimum Gasteiger partial charge on any atom is -0.547 e. The third kappa shape index (κ3) is 91.8. The van der Waals surface area contributed by atoms with E-state index in [1.54, 1.807) is 0 Å². The predicted molar refractivity (Wildman–Crippen MR) is 96.3 cm³/mol. The Morgan fingerprint density at radius 3 is 0.484 bits per heavy atom. The van der Waals surface area contributed by atoms with E-state index in [1.807, 2.05) is 0 Å². The third-order valence-electron chi connectivity index (χ3n) is 1.36. The summed E-state index contributed by atoms with van der Waals surface area (Å²) < 4.78 is 0. The van der Waals surface area contributed by atoms with Crippen molar-refractivity contribution in [2.45, 2.75) is 52.1 Å². The largest absolute Gasteiger partial charge is 2.00 e. The Bertz CT molecular complexity index is 315. The van der Waals surface area contributed by atoms with E-state index in [9.17, 15) is 39.6 Å². The molecule has 0 spiro atoms. The van der Waals surface area contributed by atoms with Crippen molar-refractivity contribution in [2.24, 2.45) is 0 Å². The van der Waals surface area contributed by atoms with Gasteiger partial charge in [0, 0.05) is 0 Å². The molecule has 0 aliphatic rings. The van der Waals surface area contributed by atoms with Gasteiger partial charge in [0.1, 0.15) is 0 Å². The fourth-order valence-corrected chi connectivity index (χ4v) is 0. The van der Waals surface area contributed by atoms with Crippen LogP contribution in [0.5, 0.6) is 0 Å². The Labute approximate surface area is 236 Å². The van der Waals surface area contributed by atoms with E-state index in [4.69, 9.17) is 20.4 Å². The molecule has 19 heteroatoms. The van der Waals surface area contributed by atoms with Gasteiger partial charge in [-0.3, -0.25) is 0 Å². The monoisotopic (exact) mass is 526 g/mol. The molecule has 31 heavy (non-hydrogen) atoms. The predicted octanol–water partition coefficient (Wildman–Crippen LogP) is -12.4. The number of aliphatic carboxylic acids is 4. The molecule has 0 aliphatic carbocycles. The van der Waals surface area contributed by atoms with Gasteiger partial charge in [0.05, 0.1) is 48.3 Å². The SMILES string of the molecule is CC(O)C(=O)[O-].CC(O)C(=O)[O-].CC(O)C(=O)[O-].CC(O)C(=O)[O-].O.O.O.O.O.[Ca+2].[Ca+2]. The number of hydrogen-bond donors (Lipinski definition) is 4. The summed E-state index contributed by atoms with van der Waals surface area (Å²) in [4.78, 5) is 37.4. The normalized spacial score (nSPS) is 10.6. The minimum absolute atomic E-state index is 0. The first-order valence-corrected chi connectivity index (χ1v) is 6.13. The second-order valence-electron chi connectivity index (χ2n) is 3.98. The van der Waals surface area contributed by atoms with E-state index in [0.29, 0.717) is 0 Å². The minimum atomic E-state index is -1.44. The van der Waals surface area contributed by atoms with Crippen molar-refractivity contribution in [1.82, 2.24) is 0 Å². The summed E-state index contributed by atoms with van der Waals surface area (Å²) in [6, 6.07) is 0. The quantitative estimate of drug-likeness (QED) is 0.248. The molecule has 0 aromatic rings. The molecule has 0 aromatic carbocycles. The van der Waals surface area contributed by atoms with Gasteiger partial charge in [0.15, 0.2) is 0 Å². The number of carbonyl (C=O) groups excluding carboxylic acids is 4. The molecule has 0 rings (SSSR count). The van der Waals surface area contributed by atoms with Crippen LogP contribution in [0.15, 0.2) is 0 Å². The van der Waals surface area contributed by atoms with Crippen molar-refractivity contribution >= 4 is 99.4 Å². The summed E-state index contributed by atoms with van der Waals surface area (Å²) in [7, 11) is 0. The Balaban J connectivity index is -0.0000000178. The Hall–Kier alpha value is 0.0395. The fourth-order valence-electron chi connectivity index (χ4n) is 0. The van der Waals surface area contributed by atoms with Crippen LogP contribution >= 0.6 is 0 Å². The van der Waals surface area contributed by atoms with Crippen molar-refractivity contribution < 1.29 is 87.4 Å². The first-order valence-electron chi connectivity index (χ1n) is 6.13. The molecule has 0 saturated carbocycles. The van der Waals surface area contributed by atoms with E-state index >= 15 is 0 Å². The molecule has 17 nitrogen and oxygen atoms in total. The number of carboxylic acids is 4. The zero-order valence-corrected chi connectivity index (χ0v) is 21.7. The van der Waals surface area contributed by atoms with Gasteiger partial charge in [0.25, 0.3) is 0 Å². The maximum absolute atomic E-state index is 9.34. The van der Waals surface area contributed by atoms with E-state index < -0.39 is 48.3 Å². The van der Waals surface area contributed by atoms with E-state index in [2.05, 4.69) is 0 Å². The molecule has 4 atom stereocenters. The average Bonchev–Trinajstić information content (AvgIpc) is 2.40. The second kappa shape index (κ2) is 43.8. The molecule has 4 unspecified atom stereocenters. The summed E-state index contributed by atoms with van der Waals surface area (Å²) in [5, 5.41) is 69.2. The fraction of sp³-hybridized carbons (Fsp3) is 0.667. The topological polar surface area (TPSA) is 399 Å². The first-order chi connectivity index (χ1) is 10.6. The van der Waals surface area contributed by atoms with Gasteiger partial charge >= 0.3 is 75.5 Å². The summed E-state index contributed by atoms with van der Waals surface area (Å²) >= 11 is 0. The Morgan fingerprint density at radius 1 is 0.452 bits per heavy atom. The molecule has 0 heterocycles. The number of carboxylic acid groups (broad SMARTS) is 4. The molecule has 184 valence electrons. The molecular formula is C12H30Ca2O17. The van der Waals surface area contributed by atoms with Crippen molar-refractivity contribution in [1.29, 1.82) is 0 Å². The maximum Gasteiger partial charge on any atom is 2.00 e. The first kappa shape index (κ1) is 69.7. The van der Waals surface area contributed by atoms with Crippen molar-refractivity contribution in [3.8, 4) is 0 Å². The van der Waals surface area contributed by atoms with Crippen LogP contribution < -0.4 is 20.4 Å². The van der Waals surface area contributed by atoms with Crippen LogP contribution in [0.2, 0.25) is 0 Å². The van der Waals surface area contributed by atoms with E-state index in [0.717, 1.165) is 27.7 Å². The zero-order chi connectivity index (χ0) is 20.6. The molecular weight excluding hydrogens is 496 g/mol. The number of hydrogen-bond acceptors (Lipinski definition) is 12. The Morgan fingerprint density at radius 2 is 0.484 bits per heavy atom. The van der Waals surface area contributed by atoms with Gasteiger partial charge in [-0.25, -0.2) is 0 Å². The molecule has 0 amide bonds. The van der Waals surface area contributed by atoms with E-state index in [-0.39, 0.29) is 103 Å². The summed E-state index contributed by atoms with van der Waals surface area (Å²) in [5.74, 6) is -5.74. The van der Waals surface area contributed by atoms with Crippen molar-refractivity contribution in [3.05, 3.63) is 0 Å². The maximum atomic E-state index is 9.34. The number of aliphatic hydroxyl groups excluding tert-OH is 4. The molecule has 0 aliphatic heterocycles. The Kier molecular flexibility index (Phi) is 98.6. The number of carbonyl (C=O) groups is 4. The van der Waals surface area contributed by atoms with Gasteiger partial charge in [-0.15, -0.1) is 0 Å². The summed E-state index contributed by atoms with van der Waals surface area (Å²) in [5.41, 5.74) is 0. The van der Waals surface area contributed by atoms with Gasteiger partial charge in [-0.2, -0.15) is 0 Å². The third-order valence-corrected chi connectivity index (χ3v) is 1.36. The van der Waals surface area contributed by atoms with Crippen LogP contribution in [0.4, 0.5) is 0 Å². The molecule has 0 bridgehead atoms. The van der Waals surface area contributed by atoms with Gasteiger partial charge < -0.3 is 87.4 Å². The van der Waals surface area contributed by atoms with Gasteiger partial charge in [-0.1, -0.05) is 0 Å². The zero-order valence-electron chi connectivity index (χ0n) is 17.3. The van der Waals surface area contributed by atoms with Gasteiger partial charge in [-0.05, 0) is 27.7 Å². The molecule has 0 radical (unpaired) electrons. The molecule has 0 fully saturated rings. The van der Waals surface area contributed by atoms with Crippen LogP contribution in [-0.4, -0.2) is 172 Å². The molecule has 14 N–H and O–H groups in total. The number of rotatable bonds is 4. The van der Waals surface area contributed by atoms with Gasteiger partial charge in [0.2, 0.25) is 0 Å². The smallest absolute Gasteiger partial charge is 0.547 e. The van der Waals surface area contributed by atoms with Crippen LogP contribution in [0, 0.1) is 0 Å². The summed E-state index contributed by atoms with van der Waals surface area (Å²) in [6.07, 6.45) is -5.37. The van der Waals surface area contributed by atoms with Crippen molar-refractivity contribution in [2.75, 3.05) is 0 Å². The molecule has 0 aromatic heterocycles. The van der Waals surface area contributed by atoms with E-state index in [1.165, 1.54) is 0 Å². The number of aliphatic hydroxyl groups is 4. The second-order valence-corrected chi connectivity index (χ2v) is 3.98. The van der Waals surface area contributed by atoms with Crippen LogP contribution in [0.1, 0.15) is 27.7 Å². The van der Waals surface area contributed by atoms with Crippen LogP contribution in [-0.2, 0) is 19.2 Å². The summed E-state index contributed by atoms with van der Waals surface area (Å²) in [6.45, 7) is 4.54. The molecule has 0 saturated heterocycles.